The average molecular weight is 442 g/mol. The molecule has 4 rings (SSSR count). The van der Waals surface area contributed by atoms with E-state index in [9.17, 15) is 13.2 Å². The second-order valence-electron chi connectivity index (χ2n) is 7.27. The monoisotopic (exact) mass is 441 g/mol. The lowest BCUT2D eigenvalue weighted by molar-refractivity contribution is -0.116. The van der Waals surface area contributed by atoms with Crippen LogP contribution in [0.15, 0.2) is 78.2 Å². The zero-order valence-electron chi connectivity index (χ0n) is 16.4. The molecule has 0 saturated carbocycles. The van der Waals surface area contributed by atoms with Crippen LogP contribution < -0.4 is 4.90 Å². The number of amides is 1. The zero-order valence-corrected chi connectivity index (χ0v) is 18.1. The van der Waals surface area contributed by atoms with Crippen molar-refractivity contribution in [2.24, 2.45) is 0 Å². The van der Waals surface area contributed by atoms with Gasteiger partial charge in [-0.15, -0.1) is 0 Å². The van der Waals surface area contributed by atoms with Gasteiger partial charge in [-0.25, -0.2) is 13.4 Å². The number of benzene rings is 2. The fourth-order valence-electron chi connectivity index (χ4n) is 3.66. The van der Waals surface area contributed by atoms with Gasteiger partial charge in [0.1, 0.15) is 0 Å². The quantitative estimate of drug-likeness (QED) is 0.527. The van der Waals surface area contributed by atoms with Crippen molar-refractivity contribution in [3.05, 3.63) is 78.6 Å². The minimum Gasteiger partial charge on any atom is -0.322 e. The highest BCUT2D eigenvalue weighted by molar-refractivity contribution is 7.99. The highest BCUT2D eigenvalue weighted by Crippen LogP contribution is 2.26. The summed E-state index contributed by atoms with van der Waals surface area (Å²) in [6, 6.07) is 19.1. The Hall–Kier alpha value is -2.58. The van der Waals surface area contributed by atoms with Crippen molar-refractivity contribution >= 4 is 33.2 Å². The van der Waals surface area contributed by atoms with Gasteiger partial charge >= 0.3 is 0 Å². The maximum Gasteiger partial charge on any atom is 0.237 e. The fraction of sp³-hybridized carbons (Fsp3) is 0.273. The number of thioether (sulfide) groups is 1. The Bertz CT molecular complexity index is 1100. The highest BCUT2D eigenvalue weighted by Gasteiger charge is 2.35. The van der Waals surface area contributed by atoms with Crippen LogP contribution in [0, 0.1) is 0 Å². The molecule has 30 heavy (non-hydrogen) atoms. The third-order valence-corrected chi connectivity index (χ3v) is 7.81. The van der Waals surface area contributed by atoms with E-state index in [0.717, 1.165) is 16.4 Å². The summed E-state index contributed by atoms with van der Waals surface area (Å²) in [5, 5.41) is 0.763. The number of carbonyl (C=O) groups is 1. The molecule has 1 aliphatic rings. The molecule has 0 bridgehead atoms. The molecule has 0 spiro atoms. The minimum atomic E-state index is -3.10. The third kappa shape index (κ3) is 4.94. The smallest absolute Gasteiger partial charge is 0.237 e. The predicted molar refractivity (Wildman–Crippen MR) is 119 cm³/mol. The van der Waals surface area contributed by atoms with E-state index in [4.69, 9.17) is 0 Å². The van der Waals surface area contributed by atoms with Crippen LogP contribution in [0.1, 0.15) is 12.0 Å². The topological polar surface area (TPSA) is 72.3 Å². The van der Waals surface area contributed by atoms with Crippen LogP contribution in [0.2, 0.25) is 0 Å². The van der Waals surface area contributed by atoms with E-state index < -0.39 is 9.84 Å². The molecular formula is C22H23N3O3S2. The van der Waals surface area contributed by atoms with Crippen LogP contribution in [0.5, 0.6) is 0 Å². The molecule has 0 N–H and O–H groups in total. The van der Waals surface area contributed by atoms with Gasteiger partial charge in [-0.05, 0) is 24.1 Å². The van der Waals surface area contributed by atoms with Crippen LogP contribution in [0.3, 0.4) is 0 Å². The summed E-state index contributed by atoms with van der Waals surface area (Å²) in [5.41, 5.74) is 1.89. The molecule has 0 aliphatic carbocycles. The molecule has 1 saturated heterocycles. The number of hydrogen-bond acceptors (Lipinski definition) is 5. The lowest BCUT2D eigenvalue weighted by atomic mass is 10.2. The molecule has 1 atom stereocenters. The van der Waals surface area contributed by atoms with Gasteiger partial charge in [-0.1, -0.05) is 60.3 Å². The average Bonchev–Trinajstić information content (AvgIpc) is 3.34. The van der Waals surface area contributed by atoms with E-state index in [1.807, 2.05) is 59.3 Å². The summed E-state index contributed by atoms with van der Waals surface area (Å²) in [4.78, 5) is 19.2. The van der Waals surface area contributed by atoms with Gasteiger partial charge in [-0.2, -0.15) is 0 Å². The molecule has 2 heterocycles. The van der Waals surface area contributed by atoms with E-state index in [2.05, 4.69) is 17.1 Å². The first-order valence-corrected chi connectivity index (χ1v) is 12.6. The van der Waals surface area contributed by atoms with Crippen LogP contribution in [0.4, 0.5) is 5.69 Å². The van der Waals surface area contributed by atoms with Gasteiger partial charge in [0.2, 0.25) is 5.91 Å². The molecule has 156 valence electrons. The van der Waals surface area contributed by atoms with Crippen LogP contribution >= 0.6 is 11.8 Å². The Balaban J connectivity index is 1.48. The normalized spacial score (nSPS) is 17.7. The minimum absolute atomic E-state index is 0.0148. The number of para-hydroxylation sites is 1. The maximum absolute atomic E-state index is 13.2. The molecule has 1 unspecified atom stereocenters. The Morgan fingerprint density at radius 1 is 1.10 bits per heavy atom. The number of carbonyl (C=O) groups excluding carboxylic acids is 1. The number of imidazole rings is 1. The molecule has 6 nitrogen and oxygen atoms in total. The molecule has 1 amide bonds. The van der Waals surface area contributed by atoms with Crippen LogP contribution in [-0.4, -0.2) is 47.2 Å². The van der Waals surface area contributed by atoms with Crippen molar-refractivity contribution in [3.63, 3.8) is 0 Å². The van der Waals surface area contributed by atoms with Crippen molar-refractivity contribution in [3.8, 4) is 0 Å². The summed E-state index contributed by atoms with van der Waals surface area (Å²) in [6.45, 7) is 0.681. The first-order chi connectivity index (χ1) is 14.5. The number of rotatable bonds is 7. The molecule has 1 aromatic heterocycles. The van der Waals surface area contributed by atoms with Crippen molar-refractivity contribution in [1.82, 2.24) is 9.55 Å². The van der Waals surface area contributed by atoms with Crippen molar-refractivity contribution in [2.75, 3.05) is 22.2 Å². The first-order valence-electron chi connectivity index (χ1n) is 9.77. The molecule has 2 aromatic carbocycles. The molecule has 1 aliphatic heterocycles. The summed E-state index contributed by atoms with van der Waals surface area (Å²) in [6.07, 6.45) is 4.10. The number of nitrogens with zero attached hydrogens (tertiary/aromatic N) is 3. The lowest BCUT2D eigenvalue weighted by Crippen LogP contribution is -2.42. The van der Waals surface area contributed by atoms with E-state index in [-0.39, 0.29) is 29.2 Å². The summed E-state index contributed by atoms with van der Waals surface area (Å²) >= 11 is 1.37. The van der Waals surface area contributed by atoms with Crippen molar-refractivity contribution in [1.29, 1.82) is 0 Å². The van der Waals surface area contributed by atoms with Gasteiger partial charge < -0.3 is 9.47 Å². The van der Waals surface area contributed by atoms with Gasteiger partial charge in [-0.3, -0.25) is 4.79 Å². The van der Waals surface area contributed by atoms with E-state index in [1.54, 1.807) is 11.1 Å². The SMILES string of the molecule is O=C(CSc1nccn1Cc1ccccc1)N(c1ccccc1)C1CCS(=O)(=O)C1. The molecule has 8 heteroatoms. The van der Waals surface area contributed by atoms with Crippen molar-refractivity contribution in [2.45, 2.75) is 24.2 Å². The van der Waals surface area contributed by atoms with Crippen LogP contribution in [0.25, 0.3) is 0 Å². The Morgan fingerprint density at radius 2 is 1.80 bits per heavy atom. The second kappa shape index (κ2) is 9.06. The maximum atomic E-state index is 13.2. The lowest BCUT2D eigenvalue weighted by Gasteiger charge is -2.28. The second-order valence-corrected chi connectivity index (χ2v) is 10.4. The van der Waals surface area contributed by atoms with Crippen molar-refractivity contribution < 1.29 is 13.2 Å². The predicted octanol–water partition coefficient (Wildman–Crippen LogP) is 3.24. The number of anilines is 1. The third-order valence-electron chi connectivity index (χ3n) is 5.07. The number of hydrogen-bond donors (Lipinski definition) is 0. The Kier molecular flexibility index (Phi) is 6.24. The number of aromatic nitrogens is 2. The molecule has 0 radical (unpaired) electrons. The van der Waals surface area contributed by atoms with E-state index in [1.165, 1.54) is 11.8 Å². The molecule has 3 aromatic rings. The largest absolute Gasteiger partial charge is 0.322 e. The van der Waals surface area contributed by atoms with Gasteiger partial charge in [0.25, 0.3) is 0 Å². The van der Waals surface area contributed by atoms with Gasteiger partial charge in [0, 0.05) is 24.6 Å². The summed E-state index contributed by atoms with van der Waals surface area (Å²) in [7, 11) is -3.10. The summed E-state index contributed by atoms with van der Waals surface area (Å²) < 4.78 is 26.0. The fourth-order valence-corrected chi connectivity index (χ4v) is 6.18. The van der Waals surface area contributed by atoms with Gasteiger partial charge in [0.15, 0.2) is 15.0 Å². The Labute approximate surface area is 180 Å². The zero-order chi connectivity index (χ0) is 21.0. The first kappa shape index (κ1) is 20.7. The highest BCUT2D eigenvalue weighted by atomic mass is 32.2. The van der Waals surface area contributed by atoms with E-state index >= 15 is 0 Å². The van der Waals surface area contributed by atoms with Crippen LogP contribution in [-0.2, 0) is 21.2 Å². The summed E-state index contributed by atoms with van der Waals surface area (Å²) in [5.74, 6) is 0.226. The number of sulfone groups is 1. The standard InChI is InChI=1S/C22H23N3O3S2/c26-21(16-29-22-23-12-13-24(22)15-18-7-3-1-4-8-18)25(19-9-5-2-6-10-19)20-11-14-30(27,28)17-20/h1-10,12-13,20H,11,14-17H2. The molecule has 1 fully saturated rings. The van der Waals surface area contributed by atoms with E-state index in [0.29, 0.717) is 13.0 Å². The van der Waals surface area contributed by atoms with Gasteiger partial charge in [0.05, 0.1) is 23.3 Å². The Morgan fingerprint density at radius 3 is 2.47 bits per heavy atom. The molecular weight excluding hydrogens is 418 g/mol.